The SMILES string of the molecule is CCNC1CC(C)(C)Oc2c1ccc(OC)c2OC. The standard InChI is InChI=1S/C15H23NO3/c1-6-16-11-9-15(2,3)19-13-10(11)7-8-12(17-4)14(13)18-5/h7-8,11,16H,6,9H2,1-5H3. The number of hydrogen-bond acceptors (Lipinski definition) is 4. The number of benzene rings is 1. The molecule has 1 aromatic carbocycles. The van der Waals surface area contributed by atoms with E-state index in [1.165, 1.54) is 0 Å². The Balaban J connectivity index is 2.52. The molecule has 0 aromatic heterocycles. The molecular weight excluding hydrogens is 242 g/mol. The molecule has 4 nitrogen and oxygen atoms in total. The van der Waals surface area contributed by atoms with E-state index in [1.54, 1.807) is 14.2 Å². The molecule has 1 unspecified atom stereocenters. The molecule has 0 amide bonds. The predicted octanol–water partition coefficient (Wildman–Crippen LogP) is 2.92. The topological polar surface area (TPSA) is 39.7 Å². The summed E-state index contributed by atoms with van der Waals surface area (Å²) < 4.78 is 16.9. The largest absolute Gasteiger partial charge is 0.493 e. The summed E-state index contributed by atoms with van der Waals surface area (Å²) in [5.74, 6) is 2.17. The lowest BCUT2D eigenvalue weighted by Gasteiger charge is -2.38. The van der Waals surface area contributed by atoms with Crippen molar-refractivity contribution in [1.82, 2.24) is 5.32 Å². The lowest BCUT2D eigenvalue weighted by atomic mass is 9.89. The molecule has 0 aliphatic carbocycles. The van der Waals surface area contributed by atoms with Crippen molar-refractivity contribution >= 4 is 0 Å². The Morgan fingerprint density at radius 3 is 2.63 bits per heavy atom. The van der Waals surface area contributed by atoms with Gasteiger partial charge in [0.2, 0.25) is 5.75 Å². The van der Waals surface area contributed by atoms with E-state index >= 15 is 0 Å². The summed E-state index contributed by atoms with van der Waals surface area (Å²) in [5.41, 5.74) is 0.915. The van der Waals surface area contributed by atoms with Gasteiger partial charge in [0, 0.05) is 18.0 Å². The third-order valence-electron chi connectivity index (χ3n) is 3.43. The van der Waals surface area contributed by atoms with Gasteiger partial charge in [-0.1, -0.05) is 6.92 Å². The van der Waals surface area contributed by atoms with Crippen molar-refractivity contribution in [2.24, 2.45) is 0 Å². The molecule has 1 atom stereocenters. The van der Waals surface area contributed by atoms with Crippen molar-refractivity contribution in [3.63, 3.8) is 0 Å². The van der Waals surface area contributed by atoms with Crippen LogP contribution in [0.2, 0.25) is 0 Å². The first-order chi connectivity index (χ1) is 9.02. The minimum absolute atomic E-state index is 0.223. The summed E-state index contributed by atoms with van der Waals surface area (Å²) in [4.78, 5) is 0. The highest BCUT2D eigenvalue weighted by Gasteiger charge is 2.36. The summed E-state index contributed by atoms with van der Waals surface area (Å²) in [6, 6.07) is 4.27. The average molecular weight is 265 g/mol. The molecule has 0 saturated heterocycles. The number of rotatable bonds is 4. The smallest absolute Gasteiger partial charge is 0.203 e. The van der Waals surface area contributed by atoms with Gasteiger partial charge in [0.25, 0.3) is 0 Å². The van der Waals surface area contributed by atoms with Gasteiger partial charge < -0.3 is 19.5 Å². The van der Waals surface area contributed by atoms with Crippen molar-refractivity contribution in [3.05, 3.63) is 17.7 Å². The first-order valence-electron chi connectivity index (χ1n) is 6.69. The average Bonchev–Trinajstić information content (AvgIpc) is 2.36. The Morgan fingerprint density at radius 1 is 1.32 bits per heavy atom. The van der Waals surface area contributed by atoms with Gasteiger partial charge in [-0.2, -0.15) is 0 Å². The second-order valence-corrected chi connectivity index (χ2v) is 5.40. The molecule has 4 heteroatoms. The Labute approximate surface area is 115 Å². The van der Waals surface area contributed by atoms with Crippen LogP contribution in [0.3, 0.4) is 0 Å². The fourth-order valence-electron chi connectivity index (χ4n) is 2.64. The van der Waals surface area contributed by atoms with E-state index in [2.05, 4.69) is 32.2 Å². The van der Waals surface area contributed by atoms with E-state index in [0.717, 1.165) is 24.3 Å². The Bertz CT molecular complexity index is 457. The number of hydrogen-bond donors (Lipinski definition) is 1. The highest BCUT2D eigenvalue weighted by atomic mass is 16.5. The van der Waals surface area contributed by atoms with Crippen LogP contribution in [0.25, 0.3) is 0 Å². The van der Waals surface area contributed by atoms with Crippen LogP contribution >= 0.6 is 0 Å². The zero-order valence-corrected chi connectivity index (χ0v) is 12.4. The molecule has 0 saturated carbocycles. The second-order valence-electron chi connectivity index (χ2n) is 5.40. The molecule has 1 aliphatic heterocycles. The molecule has 106 valence electrons. The lowest BCUT2D eigenvalue weighted by Crippen LogP contribution is -2.39. The van der Waals surface area contributed by atoms with Crippen LogP contribution in [0.5, 0.6) is 17.2 Å². The van der Waals surface area contributed by atoms with Gasteiger partial charge in [-0.15, -0.1) is 0 Å². The Kier molecular flexibility index (Phi) is 3.90. The quantitative estimate of drug-likeness (QED) is 0.908. The van der Waals surface area contributed by atoms with Gasteiger partial charge in [-0.3, -0.25) is 0 Å². The van der Waals surface area contributed by atoms with Gasteiger partial charge >= 0.3 is 0 Å². The molecule has 1 aromatic rings. The number of fused-ring (bicyclic) bond motifs is 1. The van der Waals surface area contributed by atoms with E-state index in [4.69, 9.17) is 14.2 Å². The molecular formula is C15H23NO3. The zero-order valence-electron chi connectivity index (χ0n) is 12.4. The van der Waals surface area contributed by atoms with Gasteiger partial charge in [0.05, 0.1) is 14.2 Å². The van der Waals surface area contributed by atoms with Crippen LogP contribution in [0.1, 0.15) is 38.8 Å². The summed E-state index contributed by atoms with van der Waals surface area (Å²) >= 11 is 0. The maximum atomic E-state index is 6.12. The molecule has 2 rings (SSSR count). The second kappa shape index (κ2) is 5.29. The first-order valence-corrected chi connectivity index (χ1v) is 6.69. The Hall–Kier alpha value is -1.42. The maximum Gasteiger partial charge on any atom is 0.203 e. The van der Waals surface area contributed by atoms with E-state index in [-0.39, 0.29) is 11.6 Å². The maximum absolute atomic E-state index is 6.12. The fourth-order valence-corrected chi connectivity index (χ4v) is 2.64. The third kappa shape index (κ3) is 2.63. The van der Waals surface area contributed by atoms with E-state index < -0.39 is 0 Å². The predicted molar refractivity (Wildman–Crippen MR) is 75.3 cm³/mol. The summed E-state index contributed by atoms with van der Waals surface area (Å²) in [6.45, 7) is 7.23. The van der Waals surface area contributed by atoms with Crippen LogP contribution in [0.15, 0.2) is 12.1 Å². The van der Waals surface area contributed by atoms with E-state index in [9.17, 15) is 0 Å². The minimum Gasteiger partial charge on any atom is -0.493 e. The van der Waals surface area contributed by atoms with Crippen molar-refractivity contribution in [1.29, 1.82) is 0 Å². The lowest BCUT2D eigenvalue weighted by molar-refractivity contribution is 0.0621. The zero-order chi connectivity index (χ0) is 14.0. The van der Waals surface area contributed by atoms with Gasteiger partial charge in [-0.05, 0) is 32.5 Å². The molecule has 0 bridgehead atoms. The van der Waals surface area contributed by atoms with Gasteiger partial charge in [0.1, 0.15) is 5.60 Å². The summed E-state index contributed by atoms with van der Waals surface area (Å²) in [6.07, 6.45) is 0.934. The third-order valence-corrected chi connectivity index (χ3v) is 3.43. The normalized spacial score (nSPS) is 20.4. The Morgan fingerprint density at radius 2 is 2.05 bits per heavy atom. The molecule has 19 heavy (non-hydrogen) atoms. The molecule has 1 aliphatic rings. The molecule has 0 fully saturated rings. The van der Waals surface area contributed by atoms with Crippen LogP contribution in [-0.4, -0.2) is 26.4 Å². The highest BCUT2D eigenvalue weighted by Crippen LogP contribution is 2.48. The highest BCUT2D eigenvalue weighted by molar-refractivity contribution is 5.57. The van der Waals surface area contributed by atoms with Crippen LogP contribution in [0.4, 0.5) is 0 Å². The number of nitrogens with one attached hydrogen (secondary N) is 1. The van der Waals surface area contributed by atoms with Crippen molar-refractivity contribution in [2.45, 2.75) is 38.8 Å². The van der Waals surface area contributed by atoms with Crippen molar-refractivity contribution in [3.8, 4) is 17.2 Å². The molecule has 1 N–H and O–H groups in total. The number of ether oxygens (including phenoxy) is 3. The molecule has 0 radical (unpaired) electrons. The molecule has 0 spiro atoms. The van der Waals surface area contributed by atoms with Crippen LogP contribution < -0.4 is 19.5 Å². The van der Waals surface area contributed by atoms with Crippen LogP contribution in [0, 0.1) is 0 Å². The minimum atomic E-state index is -0.223. The van der Waals surface area contributed by atoms with Crippen molar-refractivity contribution < 1.29 is 14.2 Å². The first kappa shape index (κ1) is 14.0. The summed E-state index contributed by atoms with van der Waals surface area (Å²) in [5, 5.41) is 3.51. The van der Waals surface area contributed by atoms with E-state index in [1.807, 2.05) is 6.07 Å². The fraction of sp³-hybridized carbons (Fsp3) is 0.600. The van der Waals surface area contributed by atoms with Gasteiger partial charge in [0.15, 0.2) is 11.5 Å². The summed E-state index contributed by atoms with van der Waals surface area (Å²) in [7, 11) is 3.28. The van der Waals surface area contributed by atoms with Crippen LogP contribution in [-0.2, 0) is 0 Å². The van der Waals surface area contributed by atoms with Gasteiger partial charge in [-0.25, -0.2) is 0 Å². The monoisotopic (exact) mass is 265 g/mol. The number of methoxy groups -OCH3 is 2. The van der Waals surface area contributed by atoms with E-state index in [0.29, 0.717) is 11.5 Å². The molecule has 1 heterocycles. The van der Waals surface area contributed by atoms with Crippen molar-refractivity contribution in [2.75, 3.05) is 20.8 Å².